The van der Waals surface area contributed by atoms with Gasteiger partial charge in [-0.15, -0.1) is 0 Å². The third-order valence-corrected chi connectivity index (χ3v) is 5.87. The summed E-state index contributed by atoms with van der Waals surface area (Å²) in [6.45, 7) is 2.17. The molecule has 0 fully saturated rings. The van der Waals surface area contributed by atoms with Crippen LogP contribution >= 0.6 is 0 Å². The molecule has 0 unspecified atom stereocenters. The monoisotopic (exact) mass is 446 g/mol. The molecule has 5 rings (SSSR count). The number of ether oxygens (including phenoxy) is 4. The van der Waals surface area contributed by atoms with Crippen molar-refractivity contribution in [2.75, 3.05) is 40.3 Å². The molecule has 2 aliphatic rings. The average Bonchev–Trinajstić information content (AvgIpc) is 3.46. The van der Waals surface area contributed by atoms with E-state index in [4.69, 9.17) is 23.9 Å². The van der Waals surface area contributed by atoms with Gasteiger partial charge in [-0.3, -0.25) is 4.79 Å². The van der Waals surface area contributed by atoms with Crippen LogP contribution in [0.1, 0.15) is 33.6 Å². The Labute approximate surface area is 192 Å². The van der Waals surface area contributed by atoms with Crippen molar-refractivity contribution in [3.8, 4) is 11.5 Å². The second kappa shape index (κ2) is 9.60. The number of methoxy groups -OCH3 is 1. The molecule has 7 nitrogen and oxygen atoms in total. The van der Waals surface area contributed by atoms with Gasteiger partial charge in [0.2, 0.25) is 6.79 Å². The van der Waals surface area contributed by atoms with E-state index in [1.54, 1.807) is 7.11 Å². The number of allylic oxidation sites excluding steroid dienone is 1. The molecule has 0 radical (unpaired) electrons. The number of fused-ring (bicyclic) bond motifs is 3. The Kier molecular flexibility index (Phi) is 6.24. The first kappa shape index (κ1) is 21.4. The van der Waals surface area contributed by atoms with Gasteiger partial charge >= 0.3 is 0 Å². The predicted octanol–water partition coefficient (Wildman–Crippen LogP) is 3.84. The van der Waals surface area contributed by atoms with Gasteiger partial charge in [0.15, 0.2) is 11.5 Å². The predicted molar refractivity (Wildman–Crippen MR) is 126 cm³/mol. The normalized spacial score (nSPS) is 15.2. The summed E-state index contributed by atoms with van der Waals surface area (Å²) in [7, 11) is 1.63. The standard InChI is InChI=1S/C26H26N2O5/c1-30-12-13-31-11-10-27-26(29)24-19-4-2-3-5-21(19)28-25-18(7-8-20(24)25)14-17-6-9-22-23(15-17)33-16-32-22/h2-6,9,14-15H,7-8,10-13,16H2,1H3,(H,27,29)/b18-14-. The largest absolute Gasteiger partial charge is 0.454 e. The summed E-state index contributed by atoms with van der Waals surface area (Å²) < 4.78 is 21.4. The lowest BCUT2D eigenvalue weighted by Gasteiger charge is -2.13. The van der Waals surface area contributed by atoms with Crippen LogP contribution < -0.4 is 14.8 Å². The lowest BCUT2D eigenvalue weighted by molar-refractivity contribution is 0.0693. The molecule has 170 valence electrons. The van der Waals surface area contributed by atoms with Crippen LogP contribution in [0.25, 0.3) is 22.6 Å². The Bertz CT molecular complexity index is 1220. The highest BCUT2D eigenvalue weighted by atomic mass is 16.7. The first-order chi connectivity index (χ1) is 16.2. The van der Waals surface area contributed by atoms with Crippen molar-refractivity contribution >= 4 is 28.5 Å². The number of pyridine rings is 1. The Morgan fingerprint density at radius 2 is 1.97 bits per heavy atom. The van der Waals surface area contributed by atoms with Gasteiger partial charge in [-0.05, 0) is 53.8 Å². The average molecular weight is 447 g/mol. The maximum atomic E-state index is 13.2. The molecule has 0 saturated carbocycles. The van der Waals surface area contributed by atoms with Gasteiger partial charge in [0.25, 0.3) is 5.91 Å². The molecule has 33 heavy (non-hydrogen) atoms. The van der Waals surface area contributed by atoms with Crippen LogP contribution in [-0.2, 0) is 15.9 Å². The lowest BCUT2D eigenvalue weighted by atomic mass is 10.00. The first-order valence-corrected chi connectivity index (χ1v) is 11.1. The Morgan fingerprint density at radius 1 is 1.09 bits per heavy atom. The number of hydrogen-bond donors (Lipinski definition) is 1. The zero-order valence-electron chi connectivity index (χ0n) is 18.6. The van der Waals surface area contributed by atoms with Crippen LogP contribution in [-0.4, -0.2) is 51.2 Å². The van der Waals surface area contributed by atoms with Crippen molar-refractivity contribution in [1.82, 2.24) is 10.3 Å². The Balaban J connectivity index is 1.44. The third-order valence-electron chi connectivity index (χ3n) is 5.87. The zero-order chi connectivity index (χ0) is 22.6. The fourth-order valence-electron chi connectivity index (χ4n) is 4.31. The van der Waals surface area contributed by atoms with E-state index in [0.29, 0.717) is 31.9 Å². The topological polar surface area (TPSA) is 78.9 Å². The number of hydrogen-bond acceptors (Lipinski definition) is 6. The van der Waals surface area contributed by atoms with Gasteiger partial charge < -0.3 is 24.3 Å². The minimum absolute atomic E-state index is 0.0930. The van der Waals surface area contributed by atoms with E-state index < -0.39 is 0 Å². The number of amides is 1. The smallest absolute Gasteiger partial charge is 0.252 e. The van der Waals surface area contributed by atoms with Gasteiger partial charge in [0.1, 0.15) is 0 Å². The fraction of sp³-hybridized carbons (Fsp3) is 0.308. The van der Waals surface area contributed by atoms with E-state index in [0.717, 1.165) is 57.6 Å². The molecule has 7 heteroatoms. The number of aromatic nitrogens is 1. The number of para-hydroxylation sites is 1. The summed E-state index contributed by atoms with van der Waals surface area (Å²) in [5.74, 6) is 1.42. The molecule has 2 heterocycles. The molecule has 0 atom stereocenters. The van der Waals surface area contributed by atoms with Gasteiger partial charge in [0.05, 0.1) is 36.6 Å². The molecule has 1 N–H and O–H groups in total. The molecule has 1 aliphatic heterocycles. The molecule has 1 aliphatic carbocycles. The molecule has 0 bridgehead atoms. The SMILES string of the molecule is COCCOCCNC(=O)c1c2c(nc3ccccc13)/C(=C\c1ccc3c(c1)OCO3)CC2. The first-order valence-electron chi connectivity index (χ1n) is 11.1. The van der Waals surface area contributed by atoms with Gasteiger partial charge in [-0.2, -0.15) is 0 Å². The van der Waals surface area contributed by atoms with Crippen LogP contribution in [0, 0.1) is 0 Å². The van der Waals surface area contributed by atoms with Crippen molar-refractivity contribution in [2.45, 2.75) is 12.8 Å². The number of carbonyl (C=O) groups is 1. The molecule has 1 aromatic heterocycles. The number of rotatable bonds is 8. The highest BCUT2D eigenvalue weighted by molar-refractivity contribution is 6.09. The van der Waals surface area contributed by atoms with Gasteiger partial charge in [-0.25, -0.2) is 4.98 Å². The van der Waals surface area contributed by atoms with Gasteiger partial charge in [0, 0.05) is 19.0 Å². The summed E-state index contributed by atoms with van der Waals surface area (Å²) in [6, 6.07) is 13.7. The van der Waals surface area contributed by atoms with Gasteiger partial charge in [-0.1, -0.05) is 24.3 Å². The lowest BCUT2D eigenvalue weighted by Crippen LogP contribution is -2.29. The van der Waals surface area contributed by atoms with E-state index in [2.05, 4.69) is 11.4 Å². The molecular formula is C26H26N2O5. The van der Waals surface area contributed by atoms with E-state index >= 15 is 0 Å². The summed E-state index contributed by atoms with van der Waals surface area (Å²) in [5.41, 5.74) is 5.56. The summed E-state index contributed by atoms with van der Waals surface area (Å²) >= 11 is 0. The summed E-state index contributed by atoms with van der Waals surface area (Å²) in [4.78, 5) is 18.2. The van der Waals surface area contributed by atoms with Crippen LogP contribution in [0.4, 0.5) is 0 Å². The highest BCUT2D eigenvalue weighted by Crippen LogP contribution is 2.39. The number of benzene rings is 2. The third kappa shape index (κ3) is 4.42. The summed E-state index contributed by atoms with van der Waals surface area (Å²) in [5, 5.41) is 3.88. The van der Waals surface area contributed by atoms with Crippen LogP contribution in [0.5, 0.6) is 11.5 Å². The second-order valence-corrected chi connectivity index (χ2v) is 7.97. The quantitative estimate of drug-likeness (QED) is 0.530. The van der Waals surface area contributed by atoms with E-state index in [1.807, 2.05) is 42.5 Å². The number of carbonyl (C=O) groups excluding carboxylic acids is 1. The molecule has 0 spiro atoms. The molecular weight excluding hydrogens is 420 g/mol. The van der Waals surface area contributed by atoms with Crippen molar-refractivity contribution in [3.05, 3.63) is 64.8 Å². The summed E-state index contributed by atoms with van der Waals surface area (Å²) in [6.07, 6.45) is 3.73. The number of nitrogens with zero attached hydrogens (tertiary/aromatic N) is 1. The Hall–Kier alpha value is -3.42. The second-order valence-electron chi connectivity index (χ2n) is 7.97. The van der Waals surface area contributed by atoms with Crippen molar-refractivity contribution < 1.29 is 23.7 Å². The molecule has 2 aromatic carbocycles. The molecule has 1 amide bonds. The maximum Gasteiger partial charge on any atom is 0.252 e. The van der Waals surface area contributed by atoms with Crippen LogP contribution in [0.3, 0.4) is 0 Å². The van der Waals surface area contributed by atoms with E-state index in [9.17, 15) is 4.79 Å². The van der Waals surface area contributed by atoms with Crippen LogP contribution in [0.2, 0.25) is 0 Å². The molecule has 0 saturated heterocycles. The minimum atomic E-state index is -0.0930. The maximum absolute atomic E-state index is 13.2. The van der Waals surface area contributed by atoms with Crippen molar-refractivity contribution in [3.63, 3.8) is 0 Å². The fourth-order valence-corrected chi connectivity index (χ4v) is 4.31. The minimum Gasteiger partial charge on any atom is -0.454 e. The zero-order valence-corrected chi connectivity index (χ0v) is 18.6. The number of nitrogens with one attached hydrogen (secondary N) is 1. The van der Waals surface area contributed by atoms with Crippen molar-refractivity contribution in [1.29, 1.82) is 0 Å². The van der Waals surface area contributed by atoms with Crippen molar-refractivity contribution in [2.24, 2.45) is 0 Å². The Morgan fingerprint density at radius 3 is 2.88 bits per heavy atom. The van der Waals surface area contributed by atoms with Crippen LogP contribution in [0.15, 0.2) is 42.5 Å². The molecule has 3 aromatic rings. The van der Waals surface area contributed by atoms with E-state index in [-0.39, 0.29) is 12.7 Å². The highest BCUT2D eigenvalue weighted by Gasteiger charge is 2.27. The van der Waals surface area contributed by atoms with E-state index in [1.165, 1.54) is 0 Å².